The van der Waals surface area contributed by atoms with E-state index >= 15 is 0 Å². The molecule has 9 heteroatoms. The van der Waals surface area contributed by atoms with Gasteiger partial charge in [-0.3, -0.25) is 24.5 Å². The van der Waals surface area contributed by atoms with E-state index in [-0.39, 0.29) is 17.7 Å². The van der Waals surface area contributed by atoms with E-state index < -0.39 is 5.54 Å². The highest BCUT2D eigenvalue weighted by atomic mass is 32.1. The van der Waals surface area contributed by atoms with Gasteiger partial charge in [0.15, 0.2) is 5.01 Å². The van der Waals surface area contributed by atoms with Crippen LogP contribution in [0.1, 0.15) is 34.6 Å². The first-order valence-electron chi connectivity index (χ1n) is 13.7. The quantitative estimate of drug-likeness (QED) is 0.360. The van der Waals surface area contributed by atoms with Gasteiger partial charge in [0.2, 0.25) is 0 Å². The van der Waals surface area contributed by atoms with Crippen LogP contribution in [-0.4, -0.2) is 75.8 Å². The predicted molar refractivity (Wildman–Crippen MR) is 154 cm³/mol. The smallest absolute Gasteiger partial charge is 0.282 e. The summed E-state index contributed by atoms with van der Waals surface area (Å²) in [7, 11) is 0. The van der Waals surface area contributed by atoms with Gasteiger partial charge in [-0.25, -0.2) is 4.98 Å². The lowest BCUT2D eigenvalue weighted by Crippen LogP contribution is -2.47. The minimum atomic E-state index is -0.759. The van der Waals surface area contributed by atoms with Crippen molar-refractivity contribution < 1.29 is 14.3 Å². The van der Waals surface area contributed by atoms with E-state index in [0.717, 1.165) is 39.8 Å². The van der Waals surface area contributed by atoms with Crippen LogP contribution in [-0.2, 0) is 9.53 Å². The van der Waals surface area contributed by atoms with E-state index in [1.54, 1.807) is 6.20 Å². The zero-order chi connectivity index (χ0) is 27.1. The summed E-state index contributed by atoms with van der Waals surface area (Å²) in [5.74, 6) is 0.931. The highest BCUT2D eigenvalue weighted by molar-refractivity contribution is 7.11. The lowest BCUT2D eigenvalue weighted by atomic mass is 9.90. The number of aliphatic imine (C=N–C) groups is 1. The van der Waals surface area contributed by atoms with Gasteiger partial charge < -0.3 is 9.64 Å². The fraction of sp³-hybridized carbons (Fsp3) is 0.323. The third-order valence-corrected chi connectivity index (χ3v) is 9.01. The Morgan fingerprint density at radius 1 is 1.00 bits per heavy atom. The van der Waals surface area contributed by atoms with Crippen LogP contribution in [0.4, 0.5) is 0 Å². The van der Waals surface area contributed by atoms with E-state index in [1.165, 1.54) is 11.3 Å². The summed E-state index contributed by atoms with van der Waals surface area (Å²) in [5.41, 5.74) is 3.30. The summed E-state index contributed by atoms with van der Waals surface area (Å²) < 4.78 is 5.59. The number of hydrogen-bond donors (Lipinski definition) is 0. The van der Waals surface area contributed by atoms with Gasteiger partial charge in [-0.15, -0.1) is 11.3 Å². The molecule has 2 aromatic carbocycles. The van der Waals surface area contributed by atoms with Gasteiger partial charge in [0, 0.05) is 74.4 Å². The fourth-order valence-electron chi connectivity index (χ4n) is 6.03. The summed E-state index contributed by atoms with van der Waals surface area (Å²) in [6.07, 6.45) is 5.50. The van der Waals surface area contributed by atoms with Crippen LogP contribution in [0.5, 0.6) is 0 Å². The molecule has 0 unspecified atom stereocenters. The number of amidine groups is 1. The number of amides is 2. The standard InChI is InChI=1S/C31H29N5O3S/c37-29(28-33-13-17-40-28)35-14-9-21(19-35)20-36-27(34-31(30(36)38)10-15-39-16-11-31)24-6-3-22(4-7-24)25-8-5-23-2-1-12-32-26(23)18-25/h1-8,12-13,17-18,21H,9-11,14-16,19-20H2/t21-/m1/s1. The molecule has 202 valence electrons. The van der Waals surface area contributed by atoms with E-state index in [9.17, 15) is 9.59 Å². The number of rotatable bonds is 5. The average Bonchev–Trinajstić information content (AvgIpc) is 3.76. The maximum absolute atomic E-state index is 13.9. The highest BCUT2D eigenvalue weighted by Crippen LogP contribution is 2.36. The van der Waals surface area contributed by atoms with E-state index in [1.807, 2.05) is 27.4 Å². The summed E-state index contributed by atoms with van der Waals surface area (Å²) in [6.45, 7) is 2.89. The molecule has 40 heavy (non-hydrogen) atoms. The molecule has 1 spiro atoms. The van der Waals surface area contributed by atoms with Gasteiger partial charge >= 0.3 is 0 Å². The van der Waals surface area contributed by atoms with Crippen molar-refractivity contribution in [2.75, 3.05) is 32.8 Å². The lowest BCUT2D eigenvalue weighted by molar-refractivity contribution is -0.134. The van der Waals surface area contributed by atoms with Crippen molar-refractivity contribution >= 4 is 39.9 Å². The van der Waals surface area contributed by atoms with Crippen LogP contribution in [0.3, 0.4) is 0 Å². The van der Waals surface area contributed by atoms with Crippen molar-refractivity contribution in [1.82, 2.24) is 19.8 Å². The number of carbonyl (C=O) groups is 2. The highest BCUT2D eigenvalue weighted by Gasteiger charge is 2.50. The normalized spacial score (nSPS) is 20.4. The Kier molecular flexibility index (Phi) is 6.40. The van der Waals surface area contributed by atoms with Gasteiger partial charge in [-0.2, -0.15) is 0 Å². The van der Waals surface area contributed by atoms with Crippen LogP contribution in [0, 0.1) is 5.92 Å². The number of ether oxygens (including phenoxy) is 1. The maximum atomic E-state index is 13.9. The number of pyridine rings is 1. The monoisotopic (exact) mass is 551 g/mol. The molecule has 2 saturated heterocycles. The van der Waals surface area contributed by atoms with E-state index in [2.05, 4.69) is 58.5 Å². The second-order valence-corrected chi connectivity index (χ2v) is 11.6. The van der Waals surface area contributed by atoms with Crippen molar-refractivity contribution in [1.29, 1.82) is 0 Å². The van der Waals surface area contributed by atoms with Crippen LogP contribution in [0.15, 0.2) is 77.4 Å². The number of likely N-dealkylation sites (tertiary alicyclic amines) is 1. The Balaban J connectivity index is 1.15. The number of hydrogen-bond acceptors (Lipinski definition) is 7. The number of nitrogens with zero attached hydrogens (tertiary/aromatic N) is 5. The number of benzene rings is 2. The number of carbonyl (C=O) groups excluding carboxylic acids is 2. The SMILES string of the molecule is O=C(c1nccs1)N1CC[C@@H](CN2C(=O)C3(CCOCC3)N=C2c2ccc(-c3ccc4cccnc4c3)cc2)C1. The van der Waals surface area contributed by atoms with Crippen molar-refractivity contribution in [2.45, 2.75) is 24.8 Å². The minimum Gasteiger partial charge on any atom is -0.381 e. The molecule has 7 rings (SSSR count). The average molecular weight is 552 g/mol. The molecule has 3 aliphatic heterocycles. The van der Waals surface area contributed by atoms with Crippen LogP contribution >= 0.6 is 11.3 Å². The van der Waals surface area contributed by atoms with Gasteiger partial charge in [-0.05, 0) is 35.6 Å². The Morgan fingerprint density at radius 3 is 2.60 bits per heavy atom. The molecule has 5 heterocycles. The minimum absolute atomic E-state index is 0.0282. The molecule has 2 fully saturated rings. The summed E-state index contributed by atoms with van der Waals surface area (Å²) in [4.78, 5) is 44.3. The predicted octanol–water partition coefficient (Wildman–Crippen LogP) is 4.66. The largest absolute Gasteiger partial charge is 0.381 e. The van der Waals surface area contributed by atoms with E-state index in [4.69, 9.17) is 9.73 Å². The summed E-state index contributed by atoms with van der Waals surface area (Å²) in [5, 5.41) is 3.45. The number of aromatic nitrogens is 2. The lowest BCUT2D eigenvalue weighted by Gasteiger charge is -2.30. The Hall–Kier alpha value is -3.95. The molecule has 2 aromatic heterocycles. The van der Waals surface area contributed by atoms with Crippen molar-refractivity contribution in [3.63, 3.8) is 0 Å². The molecule has 0 aliphatic carbocycles. The molecule has 8 nitrogen and oxygen atoms in total. The third kappa shape index (κ3) is 4.49. The van der Waals surface area contributed by atoms with Crippen molar-refractivity contribution in [3.05, 3.63) is 82.9 Å². The molecular formula is C31H29N5O3S. The van der Waals surface area contributed by atoms with E-state index in [0.29, 0.717) is 50.7 Å². The second-order valence-electron chi connectivity index (χ2n) is 10.7. The fourth-order valence-corrected chi connectivity index (χ4v) is 6.63. The number of thiazole rings is 1. The van der Waals surface area contributed by atoms with Gasteiger partial charge in [0.1, 0.15) is 11.4 Å². The Bertz CT molecular complexity index is 1600. The molecular weight excluding hydrogens is 522 g/mol. The topological polar surface area (TPSA) is 88.0 Å². The van der Waals surface area contributed by atoms with Gasteiger partial charge in [0.05, 0.1) is 5.52 Å². The third-order valence-electron chi connectivity index (χ3n) is 8.25. The van der Waals surface area contributed by atoms with Gasteiger partial charge in [-0.1, -0.05) is 42.5 Å². The molecule has 3 aliphatic rings. The van der Waals surface area contributed by atoms with Gasteiger partial charge in [0.25, 0.3) is 11.8 Å². The molecule has 0 saturated carbocycles. The maximum Gasteiger partial charge on any atom is 0.282 e. The Labute approximate surface area is 236 Å². The first-order chi connectivity index (χ1) is 19.6. The summed E-state index contributed by atoms with van der Waals surface area (Å²) in [6, 6.07) is 18.6. The molecule has 4 aromatic rings. The number of fused-ring (bicyclic) bond motifs is 1. The first-order valence-corrected chi connectivity index (χ1v) is 14.6. The molecule has 1 atom stereocenters. The van der Waals surface area contributed by atoms with Crippen LogP contribution in [0.2, 0.25) is 0 Å². The van der Waals surface area contributed by atoms with Crippen molar-refractivity contribution in [3.8, 4) is 11.1 Å². The molecule has 0 radical (unpaired) electrons. The first kappa shape index (κ1) is 25.0. The molecule has 0 bridgehead atoms. The molecule has 0 N–H and O–H groups in total. The van der Waals surface area contributed by atoms with Crippen molar-refractivity contribution in [2.24, 2.45) is 10.9 Å². The summed E-state index contributed by atoms with van der Waals surface area (Å²) >= 11 is 1.36. The molecule has 2 amide bonds. The second kappa shape index (κ2) is 10.2. The Morgan fingerprint density at radius 2 is 1.80 bits per heavy atom. The van der Waals surface area contributed by atoms with Crippen LogP contribution in [0.25, 0.3) is 22.0 Å². The zero-order valence-corrected chi connectivity index (χ0v) is 22.8. The zero-order valence-electron chi connectivity index (χ0n) is 22.0. The van der Waals surface area contributed by atoms with Crippen LogP contribution < -0.4 is 0 Å².